The molecule has 0 N–H and O–H groups in total. The molecule has 0 unspecified atom stereocenters. The van der Waals surface area contributed by atoms with Crippen molar-refractivity contribution >= 4 is 28.0 Å². The molecule has 0 bridgehead atoms. The molecule has 100 valence electrons. The average Bonchev–Trinajstić information content (AvgIpc) is 2.44. The average molecular weight is 264 g/mol. The number of hydrogen-bond acceptors (Lipinski definition) is 2. The molecule has 0 radical (unpaired) electrons. The van der Waals surface area contributed by atoms with Crippen LogP contribution in [0.3, 0.4) is 0 Å². The lowest BCUT2D eigenvalue weighted by Gasteiger charge is -2.04. The molecule has 0 aliphatic heterocycles. The van der Waals surface area contributed by atoms with Crippen LogP contribution in [0.5, 0.6) is 0 Å². The molecular weight excluding hydrogens is 248 g/mol. The van der Waals surface area contributed by atoms with E-state index < -0.39 is 0 Å². The first kappa shape index (κ1) is 12.7. The second kappa shape index (κ2) is 4.97. The highest BCUT2D eigenvalue weighted by atomic mass is 16.3. The first-order valence-electron chi connectivity index (χ1n) is 6.83. The number of rotatable bonds is 2. The zero-order valence-corrected chi connectivity index (χ0v) is 11.6. The van der Waals surface area contributed by atoms with Gasteiger partial charge in [-0.2, -0.15) is 0 Å². The van der Waals surface area contributed by atoms with Crippen LogP contribution in [0.4, 0.5) is 0 Å². The normalized spacial score (nSPS) is 11.7. The maximum atomic E-state index is 12.7. The maximum absolute atomic E-state index is 12.7. The smallest absolute Gasteiger partial charge is 0.201 e. The zero-order chi connectivity index (χ0) is 14.1. The lowest BCUT2D eigenvalue weighted by molar-refractivity contribution is 0.659. The van der Waals surface area contributed by atoms with E-state index in [1.807, 2.05) is 55.5 Å². The number of benzene rings is 2. The van der Waals surface area contributed by atoms with Crippen LogP contribution in [-0.2, 0) is 0 Å². The van der Waals surface area contributed by atoms with Gasteiger partial charge in [-0.1, -0.05) is 37.3 Å². The summed E-state index contributed by atoms with van der Waals surface area (Å²) >= 11 is 0. The van der Waals surface area contributed by atoms with Crippen LogP contribution in [-0.4, -0.2) is 0 Å². The number of hydrogen-bond donors (Lipinski definition) is 0. The van der Waals surface area contributed by atoms with Gasteiger partial charge in [0.2, 0.25) is 5.43 Å². The molecule has 0 atom stereocenters. The second-order valence-electron chi connectivity index (χ2n) is 4.96. The molecule has 3 aromatic rings. The molecule has 1 aromatic heterocycles. The van der Waals surface area contributed by atoms with Gasteiger partial charge in [-0.15, -0.1) is 0 Å². The van der Waals surface area contributed by atoms with Gasteiger partial charge in [0.05, 0.1) is 10.8 Å². The molecule has 0 saturated carbocycles. The van der Waals surface area contributed by atoms with E-state index in [1.54, 1.807) is 0 Å². The van der Waals surface area contributed by atoms with E-state index in [2.05, 4.69) is 6.92 Å². The van der Waals surface area contributed by atoms with E-state index >= 15 is 0 Å². The predicted octanol–water partition coefficient (Wildman–Crippen LogP) is 4.68. The summed E-state index contributed by atoms with van der Waals surface area (Å²) in [6, 6.07) is 11.4. The van der Waals surface area contributed by atoms with Gasteiger partial charge >= 0.3 is 0 Å². The highest BCUT2D eigenvalue weighted by Gasteiger charge is 2.10. The van der Waals surface area contributed by atoms with Crippen molar-refractivity contribution in [3.8, 4) is 0 Å². The van der Waals surface area contributed by atoms with Gasteiger partial charge in [-0.3, -0.25) is 4.79 Å². The van der Waals surface area contributed by atoms with E-state index in [9.17, 15) is 4.79 Å². The van der Waals surface area contributed by atoms with E-state index in [-0.39, 0.29) is 5.43 Å². The first-order valence-corrected chi connectivity index (χ1v) is 6.83. The van der Waals surface area contributed by atoms with Crippen molar-refractivity contribution in [3.05, 3.63) is 63.8 Å². The summed E-state index contributed by atoms with van der Waals surface area (Å²) in [5.41, 5.74) is 3.34. The number of allylic oxidation sites excluding steroid dienone is 1. The standard InChI is InChI=1S/C18H16O2/c1-3-4-6-13-7-5-8-15-17(13)18(19)14-10-9-12(2)11-16(14)20-15/h4-11H,3H2,1-2H3. The van der Waals surface area contributed by atoms with Crippen LogP contribution in [0.2, 0.25) is 0 Å². The van der Waals surface area contributed by atoms with Crippen molar-refractivity contribution in [3.63, 3.8) is 0 Å². The molecule has 2 nitrogen and oxygen atoms in total. The van der Waals surface area contributed by atoms with Crippen molar-refractivity contribution in [2.24, 2.45) is 0 Å². The molecule has 0 spiro atoms. The second-order valence-corrected chi connectivity index (χ2v) is 4.96. The molecule has 0 fully saturated rings. The molecule has 0 amide bonds. The zero-order valence-electron chi connectivity index (χ0n) is 11.6. The summed E-state index contributed by atoms with van der Waals surface area (Å²) in [4.78, 5) is 12.7. The Kier molecular flexibility index (Phi) is 3.15. The van der Waals surface area contributed by atoms with E-state index in [0.717, 1.165) is 17.5 Å². The van der Waals surface area contributed by atoms with Crippen molar-refractivity contribution in [1.29, 1.82) is 0 Å². The molecule has 2 aromatic carbocycles. The van der Waals surface area contributed by atoms with Gasteiger partial charge in [0.1, 0.15) is 11.2 Å². The third kappa shape index (κ3) is 2.03. The van der Waals surface area contributed by atoms with Crippen LogP contribution < -0.4 is 5.43 Å². The molecule has 3 rings (SSSR count). The summed E-state index contributed by atoms with van der Waals surface area (Å²) in [7, 11) is 0. The minimum Gasteiger partial charge on any atom is -0.456 e. The Morgan fingerprint density at radius 1 is 1.15 bits per heavy atom. The molecule has 1 heterocycles. The maximum Gasteiger partial charge on any atom is 0.201 e. The Morgan fingerprint density at radius 3 is 2.80 bits per heavy atom. The fourth-order valence-corrected chi connectivity index (χ4v) is 2.41. The monoisotopic (exact) mass is 264 g/mol. The number of aryl methyl sites for hydroxylation is 1. The molecule has 2 heteroatoms. The van der Waals surface area contributed by atoms with Crippen LogP contribution in [0, 0.1) is 6.92 Å². The predicted molar refractivity (Wildman–Crippen MR) is 84.1 cm³/mol. The SMILES string of the molecule is CCC=Cc1cccc2oc3cc(C)ccc3c(=O)c12. The minimum atomic E-state index is 0.0394. The Morgan fingerprint density at radius 2 is 2.00 bits per heavy atom. The molecule has 0 saturated heterocycles. The largest absolute Gasteiger partial charge is 0.456 e. The highest BCUT2D eigenvalue weighted by Crippen LogP contribution is 2.22. The van der Waals surface area contributed by atoms with Gasteiger partial charge in [-0.05, 0) is 42.7 Å². The van der Waals surface area contributed by atoms with Crippen LogP contribution in [0.25, 0.3) is 28.0 Å². The van der Waals surface area contributed by atoms with Gasteiger partial charge in [0.15, 0.2) is 0 Å². The van der Waals surface area contributed by atoms with Crippen molar-refractivity contribution in [2.75, 3.05) is 0 Å². The van der Waals surface area contributed by atoms with Crippen molar-refractivity contribution < 1.29 is 4.42 Å². The fraction of sp³-hybridized carbons (Fsp3) is 0.167. The minimum absolute atomic E-state index is 0.0394. The molecule has 20 heavy (non-hydrogen) atoms. The third-order valence-electron chi connectivity index (χ3n) is 3.42. The summed E-state index contributed by atoms with van der Waals surface area (Å²) in [6.07, 6.45) is 4.97. The quantitative estimate of drug-likeness (QED) is 0.629. The molecule has 0 aliphatic carbocycles. The lowest BCUT2D eigenvalue weighted by atomic mass is 10.0. The lowest BCUT2D eigenvalue weighted by Crippen LogP contribution is -2.03. The van der Waals surface area contributed by atoms with Crippen LogP contribution in [0.1, 0.15) is 24.5 Å². The van der Waals surface area contributed by atoms with Crippen LogP contribution >= 0.6 is 0 Å². The molecule has 0 aliphatic rings. The Balaban J connectivity index is 2.44. The van der Waals surface area contributed by atoms with Gasteiger partial charge < -0.3 is 4.42 Å². The first-order chi connectivity index (χ1) is 9.70. The van der Waals surface area contributed by atoms with Crippen molar-refractivity contribution in [2.45, 2.75) is 20.3 Å². The third-order valence-corrected chi connectivity index (χ3v) is 3.42. The fourth-order valence-electron chi connectivity index (χ4n) is 2.41. The van der Waals surface area contributed by atoms with Gasteiger partial charge in [0.25, 0.3) is 0 Å². The Hall–Kier alpha value is -2.35. The van der Waals surface area contributed by atoms with Gasteiger partial charge in [0, 0.05) is 0 Å². The molecular formula is C18H16O2. The Labute approximate surface area is 117 Å². The van der Waals surface area contributed by atoms with Crippen molar-refractivity contribution in [1.82, 2.24) is 0 Å². The van der Waals surface area contributed by atoms with E-state index in [0.29, 0.717) is 21.9 Å². The summed E-state index contributed by atoms with van der Waals surface area (Å²) in [5, 5.41) is 1.30. The summed E-state index contributed by atoms with van der Waals surface area (Å²) < 4.78 is 5.89. The number of fused-ring (bicyclic) bond motifs is 2. The summed E-state index contributed by atoms with van der Waals surface area (Å²) in [5.74, 6) is 0. The highest BCUT2D eigenvalue weighted by molar-refractivity contribution is 5.94. The van der Waals surface area contributed by atoms with E-state index in [4.69, 9.17) is 4.42 Å². The van der Waals surface area contributed by atoms with Crippen LogP contribution in [0.15, 0.2) is 51.7 Å². The van der Waals surface area contributed by atoms with E-state index in [1.165, 1.54) is 0 Å². The Bertz CT molecular complexity index is 870. The topological polar surface area (TPSA) is 30.2 Å². The van der Waals surface area contributed by atoms with Gasteiger partial charge in [-0.25, -0.2) is 0 Å². The summed E-state index contributed by atoms with van der Waals surface area (Å²) in [6.45, 7) is 4.06.